The molecule has 0 aliphatic heterocycles. The maximum absolute atomic E-state index is 13.0. The first-order chi connectivity index (χ1) is 8.15. The van der Waals surface area contributed by atoms with Crippen molar-refractivity contribution in [3.8, 4) is 5.69 Å². The van der Waals surface area contributed by atoms with Crippen LogP contribution in [0.5, 0.6) is 0 Å². The average Bonchev–Trinajstić information content (AvgIpc) is 2.73. The van der Waals surface area contributed by atoms with Crippen LogP contribution in [0, 0.1) is 0 Å². The molecule has 0 unspecified atom stereocenters. The fourth-order valence-electron chi connectivity index (χ4n) is 1.54. The van der Waals surface area contributed by atoms with E-state index in [9.17, 15) is 8.78 Å². The molecule has 0 atom stereocenters. The van der Waals surface area contributed by atoms with Gasteiger partial charge in [-0.3, -0.25) is 0 Å². The maximum atomic E-state index is 13.0. The Morgan fingerprint density at radius 3 is 2.59 bits per heavy atom. The fraction of sp³-hybridized carbons (Fsp3) is 0.182. The van der Waals surface area contributed by atoms with Crippen molar-refractivity contribution in [2.45, 2.75) is 11.8 Å². The minimum Gasteiger partial charge on any atom is -0.231 e. The Kier molecular flexibility index (Phi) is 3.93. The molecule has 0 N–H and O–H groups in total. The van der Waals surface area contributed by atoms with E-state index in [1.807, 2.05) is 6.07 Å². The molecule has 17 heavy (non-hydrogen) atoms. The van der Waals surface area contributed by atoms with Crippen LogP contribution in [0.15, 0.2) is 34.9 Å². The van der Waals surface area contributed by atoms with Crippen molar-refractivity contribution in [3.63, 3.8) is 0 Å². The van der Waals surface area contributed by atoms with Gasteiger partial charge in [0.25, 0.3) is 6.43 Å². The van der Waals surface area contributed by atoms with Gasteiger partial charge >= 0.3 is 0 Å². The van der Waals surface area contributed by atoms with Gasteiger partial charge in [0.05, 0.1) is 11.9 Å². The van der Waals surface area contributed by atoms with Gasteiger partial charge in [0.1, 0.15) is 5.69 Å². The lowest BCUT2D eigenvalue weighted by molar-refractivity contribution is 0.142. The maximum Gasteiger partial charge on any atom is 0.280 e. The van der Waals surface area contributed by atoms with E-state index in [0.717, 1.165) is 4.47 Å². The highest BCUT2D eigenvalue weighted by Gasteiger charge is 2.21. The first kappa shape index (κ1) is 12.7. The second-order valence-electron chi connectivity index (χ2n) is 3.35. The highest BCUT2D eigenvalue weighted by atomic mass is 79.9. The molecule has 6 heteroatoms. The molecule has 0 aliphatic carbocycles. The third kappa shape index (κ3) is 2.42. The minimum absolute atomic E-state index is 0.0752. The summed E-state index contributed by atoms with van der Waals surface area (Å²) >= 11 is 6.51. The van der Waals surface area contributed by atoms with Crippen molar-refractivity contribution in [2.24, 2.45) is 0 Å². The van der Waals surface area contributed by atoms with Gasteiger partial charge in [-0.1, -0.05) is 28.1 Å². The van der Waals surface area contributed by atoms with E-state index in [1.165, 1.54) is 10.9 Å². The summed E-state index contributed by atoms with van der Waals surface area (Å²) in [6.45, 7) is 0. The summed E-state index contributed by atoms with van der Waals surface area (Å²) in [5.74, 6) is 0. The number of para-hydroxylation sites is 1. The summed E-state index contributed by atoms with van der Waals surface area (Å²) in [5.41, 5.74) is 1.03. The molecule has 2 aromatic rings. The molecule has 0 spiro atoms. The molecule has 0 saturated heterocycles. The standard InChI is InChI=1S/C11H8Br2F2N2/c12-5-7-6-16-17(10(7)11(14)15)9-4-2-1-3-8(9)13/h1-4,6,11H,5H2. The normalized spacial score (nSPS) is 11.1. The predicted molar refractivity (Wildman–Crippen MR) is 68.9 cm³/mol. The molecule has 0 radical (unpaired) electrons. The van der Waals surface area contributed by atoms with Crippen LogP contribution in [-0.2, 0) is 5.33 Å². The smallest absolute Gasteiger partial charge is 0.231 e. The molecule has 1 aromatic heterocycles. The van der Waals surface area contributed by atoms with Crippen molar-refractivity contribution in [1.82, 2.24) is 9.78 Å². The van der Waals surface area contributed by atoms with Crippen LogP contribution < -0.4 is 0 Å². The SMILES string of the molecule is FC(F)c1c(CBr)cnn1-c1ccccc1Br. The zero-order valence-electron chi connectivity index (χ0n) is 8.58. The second kappa shape index (κ2) is 5.27. The summed E-state index contributed by atoms with van der Waals surface area (Å²) < 4.78 is 28.1. The molecule has 0 aliphatic rings. The molecule has 2 nitrogen and oxygen atoms in total. The summed E-state index contributed by atoms with van der Waals surface area (Å²) in [6, 6.07) is 7.14. The number of halogens is 4. The molecule has 0 saturated carbocycles. The summed E-state index contributed by atoms with van der Waals surface area (Å²) in [4.78, 5) is 0. The summed E-state index contributed by atoms with van der Waals surface area (Å²) in [5, 5.41) is 4.37. The lowest BCUT2D eigenvalue weighted by atomic mass is 10.2. The van der Waals surface area contributed by atoms with Crippen molar-refractivity contribution in [3.05, 3.63) is 46.2 Å². The van der Waals surface area contributed by atoms with E-state index in [0.29, 0.717) is 16.6 Å². The number of hydrogen-bond acceptors (Lipinski definition) is 1. The van der Waals surface area contributed by atoms with E-state index in [2.05, 4.69) is 37.0 Å². The van der Waals surface area contributed by atoms with Crippen molar-refractivity contribution < 1.29 is 8.78 Å². The number of benzene rings is 1. The zero-order chi connectivity index (χ0) is 12.4. The van der Waals surface area contributed by atoms with Gasteiger partial charge in [0.2, 0.25) is 0 Å². The van der Waals surface area contributed by atoms with Gasteiger partial charge in [0, 0.05) is 15.4 Å². The summed E-state index contributed by atoms with van der Waals surface area (Å²) in [7, 11) is 0. The van der Waals surface area contributed by atoms with Crippen LogP contribution in [0.25, 0.3) is 5.69 Å². The highest BCUT2D eigenvalue weighted by Crippen LogP contribution is 2.29. The Balaban J connectivity index is 2.60. The van der Waals surface area contributed by atoms with Gasteiger partial charge in [-0.05, 0) is 28.1 Å². The number of alkyl halides is 3. The van der Waals surface area contributed by atoms with E-state index in [-0.39, 0.29) is 5.69 Å². The van der Waals surface area contributed by atoms with Gasteiger partial charge < -0.3 is 0 Å². The molecular weight excluding hydrogens is 358 g/mol. The van der Waals surface area contributed by atoms with Crippen LogP contribution >= 0.6 is 31.9 Å². The number of hydrogen-bond donors (Lipinski definition) is 0. The molecular formula is C11H8Br2F2N2. The van der Waals surface area contributed by atoms with Crippen LogP contribution in [0.3, 0.4) is 0 Å². The van der Waals surface area contributed by atoms with Gasteiger partial charge in [-0.15, -0.1) is 0 Å². The Labute approximate surface area is 114 Å². The zero-order valence-corrected chi connectivity index (χ0v) is 11.7. The monoisotopic (exact) mass is 364 g/mol. The number of nitrogens with zero attached hydrogens (tertiary/aromatic N) is 2. The van der Waals surface area contributed by atoms with E-state index < -0.39 is 6.43 Å². The fourth-order valence-corrected chi connectivity index (χ4v) is 2.43. The van der Waals surface area contributed by atoms with Gasteiger partial charge in [-0.2, -0.15) is 5.10 Å². The predicted octanol–water partition coefficient (Wildman–Crippen LogP) is 4.47. The molecule has 0 amide bonds. The third-order valence-corrected chi connectivity index (χ3v) is 3.59. The van der Waals surface area contributed by atoms with Crippen LogP contribution in [-0.4, -0.2) is 9.78 Å². The molecule has 1 aromatic carbocycles. The summed E-state index contributed by atoms with van der Waals surface area (Å²) in [6.07, 6.45) is -1.10. The second-order valence-corrected chi connectivity index (χ2v) is 4.77. The van der Waals surface area contributed by atoms with E-state index in [1.54, 1.807) is 18.2 Å². The Morgan fingerprint density at radius 2 is 2.00 bits per heavy atom. The van der Waals surface area contributed by atoms with Crippen molar-refractivity contribution in [1.29, 1.82) is 0 Å². The largest absolute Gasteiger partial charge is 0.280 e. The average molecular weight is 366 g/mol. The lowest BCUT2D eigenvalue weighted by Gasteiger charge is -2.09. The van der Waals surface area contributed by atoms with E-state index in [4.69, 9.17) is 0 Å². The van der Waals surface area contributed by atoms with Crippen molar-refractivity contribution >= 4 is 31.9 Å². The molecule has 0 fully saturated rings. The van der Waals surface area contributed by atoms with Gasteiger partial charge in [-0.25, -0.2) is 13.5 Å². The van der Waals surface area contributed by atoms with Crippen LogP contribution in [0.4, 0.5) is 8.78 Å². The highest BCUT2D eigenvalue weighted by molar-refractivity contribution is 9.10. The molecule has 1 heterocycles. The molecule has 2 rings (SSSR count). The third-order valence-electron chi connectivity index (χ3n) is 2.32. The molecule has 90 valence electrons. The quantitative estimate of drug-likeness (QED) is 0.734. The number of aromatic nitrogens is 2. The number of rotatable bonds is 3. The lowest BCUT2D eigenvalue weighted by Crippen LogP contribution is -2.04. The molecule has 0 bridgehead atoms. The van der Waals surface area contributed by atoms with Gasteiger partial charge in [0.15, 0.2) is 0 Å². The van der Waals surface area contributed by atoms with Crippen LogP contribution in [0.1, 0.15) is 17.7 Å². The first-order valence-electron chi connectivity index (χ1n) is 4.81. The van der Waals surface area contributed by atoms with E-state index >= 15 is 0 Å². The van der Waals surface area contributed by atoms with Crippen molar-refractivity contribution in [2.75, 3.05) is 0 Å². The topological polar surface area (TPSA) is 17.8 Å². The minimum atomic E-state index is -2.56. The Bertz CT molecular complexity index is 526. The first-order valence-corrected chi connectivity index (χ1v) is 6.72. The Morgan fingerprint density at radius 1 is 1.29 bits per heavy atom. The Hall–Kier alpha value is -0.750. The van der Waals surface area contributed by atoms with Crippen LogP contribution in [0.2, 0.25) is 0 Å².